The quantitative estimate of drug-likeness (QED) is 0.295. The molecule has 17 heteroatoms. The van der Waals surface area contributed by atoms with Crippen LogP contribution in [0.25, 0.3) is 5.52 Å². The van der Waals surface area contributed by atoms with E-state index in [1.807, 2.05) is 6.07 Å². The number of nitrogens with zero attached hydrogens (tertiary/aromatic N) is 4. The summed E-state index contributed by atoms with van der Waals surface area (Å²) >= 11 is 0. The fourth-order valence-electron chi connectivity index (χ4n) is 6.97. The summed E-state index contributed by atoms with van der Waals surface area (Å²) in [4.78, 5) is 29.7. The van der Waals surface area contributed by atoms with Crippen molar-refractivity contribution in [3.63, 3.8) is 0 Å². The number of nitriles is 1. The van der Waals surface area contributed by atoms with Gasteiger partial charge in [0.25, 0.3) is 0 Å². The first kappa shape index (κ1) is 34.7. The number of nitrogen functional groups attached to an aromatic ring is 1. The Hall–Kier alpha value is -3.65. The molecule has 3 fully saturated rings. The molecule has 4 atom stereocenters. The standard InChI is InChI=1S/C30H35F6N5O6/c31-29(32,33)18-5-1-16(2-6-18)11-23(42)45-13-21-25(46-24(43)12-17-3-7-19(8-4-17)30(34,35)36)26(44)28(14-37,47-21)22-10-9-20-27(38)39-15-40-41(20)22/h9-10,15-19,21,25-26,44H,1-8,11-13H2,(H2,38,39,40)/t16?,17?,18?,19?,21-,25-,26-,28+/m1/s1. The van der Waals surface area contributed by atoms with Gasteiger partial charge in [0.15, 0.2) is 11.9 Å². The summed E-state index contributed by atoms with van der Waals surface area (Å²) < 4.78 is 96.6. The van der Waals surface area contributed by atoms with Crippen LogP contribution in [0.5, 0.6) is 0 Å². The summed E-state index contributed by atoms with van der Waals surface area (Å²) in [6.45, 7) is -0.577. The first-order valence-electron chi connectivity index (χ1n) is 15.5. The van der Waals surface area contributed by atoms with Crippen molar-refractivity contribution in [3.05, 3.63) is 24.2 Å². The minimum Gasteiger partial charge on any atom is -0.463 e. The number of carbonyl (C=O) groups excluding carboxylic acids is 2. The summed E-state index contributed by atoms with van der Waals surface area (Å²) in [5, 5.41) is 25.9. The van der Waals surface area contributed by atoms with E-state index in [0.717, 1.165) is 6.33 Å². The number of anilines is 1. The Morgan fingerprint density at radius 3 is 2.06 bits per heavy atom. The number of esters is 2. The highest BCUT2D eigenvalue weighted by Gasteiger charge is 2.60. The maximum absolute atomic E-state index is 13.1. The summed E-state index contributed by atoms with van der Waals surface area (Å²) in [6.07, 6.45) is -12.4. The summed E-state index contributed by atoms with van der Waals surface area (Å²) in [5.41, 5.74) is 4.01. The van der Waals surface area contributed by atoms with Crippen molar-refractivity contribution in [2.24, 2.45) is 23.7 Å². The molecule has 5 rings (SSSR count). The van der Waals surface area contributed by atoms with Crippen LogP contribution < -0.4 is 5.73 Å². The summed E-state index contributed by atoms with van der Waals surface area (Å²) in [6, 6.07) is 4.82. The van der Waals surface area contributed by atoms with Gasteiger partial charge in [0.2, 0.25) is 5.60 Å². The second-order valence-electron chi connectivity index (χ2n) is 12.7. The van der Waals surface area contributed by atoms with E-state index in [1.54, 1.807) is 0 Å². The van der Waals surface area contributed by atoms with Crippen LogP contribution in [0.3, 0.4) is 0 Å². The number of aromatic nitrogens is 3. The van der Waals surface area contributed by atoms with Crippen molar-refractivity contribution >= 4 is 23.3 Å². The van der Waals surface area contributed by atoms with Gasteiger partial charge in [-0.05, 0) is 75.3 Å². The number of ether oxygens (including phenoxy) is 3. The van der Waals surface area contributed by atoms with Crippen molar-refractivity contribution in [1.29, 1.82) is 5.26 Å². The highest BCUT2D eigenvalue weighted by Crippen LogP contribution is 2.44. The number of hydrogen-bond acceptors (Lipinski definition) is 10. The number of rotatable bonds is 8. The van der Waals surface area contributed by atoms with Crippen molar-refractivity contribution in [3.8, 4) is 6.07 Å². The molecule has 1 aliphatic heterocycles. The maximum Gasteiger partial charge on any atom is 0.391 e. The average molecular weight is 676 g/mol. The number of alkyl halides is 6. The van der Waals surface area contributed by atoms with E-state index in [4.69, 9.17) is 19.9 Å². The van der Waals surface area contributed by atoms with Crippen LogP contribution in [0.15, 0.2) is 18.5 Å². The smallest absolute Gasteiger partial charge is 0.391 e. The number of carbonyl (C=O) groups is 2. The lowest BCUT2D eigenvalue weighted by Gasteiger charge is -2.30. The first-order chi connectivity index (χ1) is 22.1. The van der Waals surface area contributed by atoms with E-state index >= 15 is 0 Å². The molecule has 258 valence electrons. The molecule has 0 amide bonds. The van der Waals surface area contributed by atoms with Crippen LogP contribution in [0.2, 0.25) is 0 Å². The molecule has 2 aromatic rings. The molecule has 2 aromatic heterocycles. The highest BCUT2D eigenvalue weighted by atomic mass is 19.4. The van der Waals surface area contributed by atoms with Crippen LogP contribution in [0.1, 0.15) is 69.9 Å². The van der Waals surface area contributed by atoms with E-state index in [0.29, 0.717) is 0 Å². The molecule has 0 spiro atoms. The van der Waals surface area contributed by atoms with Crippen LogP contribution in [-0.2, 0) is 29.4 Å². The van der Waals surface area contributed by atoms with E-state index in [1.165, 1.54) is 16.6 Å². The van der Waals surface area contributed by atoms with Gasteiger partial charge in [-0.25, -0.2) is 9.50 Å². The second kappa shape index (κ2) is 13.5. The fourth-order valence-corrected chi connectivity index (χ4v) is 6.97. The monoisotopic (exact) mass is 675 g/mol. The van der Waals surface area contributed by atoms with E-state index in [-0.39, 0.29) is 93.1 Å². The van der Waals surface area contributed by atoms with Crippen LogP contribution in [-0.4, -0.2) is 68.9 Å². The number of nitrogens with two attached hydrogens (primary N) is 1. The lowest BCUT2D eigenvalue weighted by molar-refractivity contribution is -0.185. The number of fused-ring (bicyclic) bond motifs is 1. The third kappa shape index (κ3) is 7.43. The molecular weight excluding hydrogens is 640 g/mol. The zero-order chi connectivity index (χ0) is 34.1. The van der Waals surface area contributed by atoms with Crippen molar-refractivity contribution in [1.82, 2.24) is 14.6 Å². The first-order valence-corrected chi connectivity index (χ1v) is 15.5. The summed E-state index contributed by atoms with van der Waals surface area (Å²) in [5.74, 6) is -5.09. The minimum atomic E-state index is -4.32. The number of hydrogen-bond donors (Lipinski definition) is 2. The van der Waals surface area contributed by atoms with E-state index < -0.39 is 66.6 Å². The normalized spacial score (nSPS) is 31.7. The van der Waals surface area contributed by atoms with E-state index in [9.17, 15) is 46.3 Å². The predicted octanol–water partition coefficient (Wildman–Crippen LogP) is 4.76. The number of aliphatic hydroxyl groups is 1. The lowest BCUT2D eigenvalue weighted by atomic mass is 9.80. The Morgan fingerprint density at radius 2 is 1.53 bits per heavy atom. The number of aliphatic hydroxyl groups excluding tert-OH is 1. The van der Waals surface area contributed by atoms with Crippen molar-refractivity contribution < 1.29 is 55.2 Å². The third-order valence-electron chi connectivity index (χ3n) is 9.67. The lowest BCUT2D eigenvalue weighted by Crippen LogP contribution is -2.43. The van der Waals surface area contributed by atoms with Crippen LogP contribution in [0.4, 0.5) is 32.2 Å². The molecule has 0 radical (unpaired) electrons. The highest BCUT2D eigenvalue weighted by molar-refractivity contribution is 5.71. The van der Waals surface area contributed by atoms with Crippen LogP contribution >= 0.6 is 0 Å². The number of halogens is 6. The topological polar surface area (TPSA) is 162 Å². The largest absolute Gasteiger partial charge is 0.463 e. The van der Waals surface area contributed by atoms with Crippen molar-refractivity contribution in [2.75, 3.05) is 12.3 Å². The van der Waals surface area contributed by atoms with Gasteiger partial charge in [0, 0.05) is 12.8 Å². The Balaban J connectivity index is 1.29. The maximum atomic E-state index is 13.1. The Bertz CT molecular complexity index is 1480. The second-order valence-corrected chi connectivity index (χ2v) is 12.7. The Labute approximate surface area is 265 Å². The van der Waals surface area contributed by atoms with Gasteiger partial charge in [-0.15, -0.1) is 0 Å². The molecule has 3 aliphatic rings. The third-order valence-corrected chi connectivity index (χ3v) is 9.67. The zero-order valence-corrected chi connectivity index (χ0v) is 25.2. The molecule has 3 N–H and O–H groups in total. The Morgan fingerprint density at radius 1 is 0.979 bits per heavy atom. The molecular formula is C30H35F6N5O6. The van der Waals surface area contributed by atoms with Gasteiger partial charge in [-0.1, -0.05) is 0 Å². The summed E-state index contributed by atoms with van der Waals surface area (Å²) in [7, 11) is 0. The van der Waals surface area contributed by atoms with Gasteiger partial charge in [-0.3, -0.25) is 9.59 Å². The minimum absolute atomic E-state index is 0.0124. The van der Waals surface area contributed by atoms with Gasteiger partial charge in [-0.2, -0.15) is 36.7 Å². The molecule has 0 unspecified atom stereocenters. The van der Waals surface area contributed by atoms with Gasteiger partial charge >= 0.3 is 24.3 Å². The molecule has 3 heterocycles. The molecule has 0 bridgehead atoms. The molecule has 11 nitrogen and oxygen atoms in total. The van der Waals surface area contributed by atoms with E-state index in [2.05, 4.69) is 10.1 Å². The van der Waals surface area contributed by atoms with Gasteiger partial charge in [0.1, 0.15) is 36.7 Å². The molecule has 0 aromatic carbocycles. The fraction of sp³-hybridized carbons (Fsp3) is 0.700. The Kier molecular flexibility index (Phi) is 9.93. The predicted molar refractivity (Wildman–Crippen MR) is 149 cm³/mol. The average Bonchev–Trinajstić information content (AvgIpc) is 3.56. The molecule has 1 saturated heterocycles. The van der Waals surface area contributed by atoms with Gasteiger partial charge < -0.3 is 25.1 Å². The zero-order valence-electron chi connectivity index (χ0n) is 25.2. The van der Waals surface area contributed by atoms with Gasteiger partial charge in [0.05, 0.1) is 17.5 Å². The molecule has 47 heavy (non-hydrogen) atoms. The molecule has 2 aliphatic carbocycles. The SMILES string of the molecule is N#C[C@@]1(c2ccc3c(N)ncnn23)O[C@H](COC(=O)CC2CCC(C(F)(F)F)CC2)[C@@H](OC(=O)CC2CCC(C(F)(F)F)CC2)[C@H]1O. The molecule has 2 saturated carbocycles. The van der Waals surface area contributed by atoms with Crippen LogP contribution in [0, 0.1) is 35.0 Å². The van der Waals surface area contributed by atoms with Crippen molar-refractivity contribution in [2.45, 2.75) is 100 Å².